The van der Waals surface area contributed by atoms with Crippen molar-refractivity contribution in [2.75, 3.05) is 0 Å². The van der Waals surface area contributed by atoms with Gasteiger partial charge in [0.25, 0.3) is 0 Å². The third-order valence-electron chi connectivity index (χ3n) is 5.46. The Kier molecular flexibility index (Phi) is 5.78. The zero-order valence-electron chi connectivity index (χ0n) is 16.0. The lowest BCUT2D eigenvalue weighted by molar-refractivity contribution is -0.270. The lowest BCUT2D eigenvalue weighted by Gasteiger charge is -2.33. The van der Waals surface area contributed by atoms with E-state index in [4.69, 9.17) is 4.18 Å². The molecule has 162 valence electrons. The number of benzene rings is 3. The summed E-state index contributed by atoms with van der Waals surface area (Å²) in [6.45, 7) is 3.40. The molecule has 1 atom stereocenters. The molecule has 1 aliphatic rings. The molecule has 5 nitrogen and oxygen atoms in total. The quantitative estimate of drug-likeness (QED) is 0.325. The van der Waals surface area contributed by atoms with E-state index < -0.39 is 14.9 Å². The second-order valence-electron chi connectivity index (χ2n) is 7.08. The van der Waals surface area contributed by atoms with Gasteiger partial charge in [-0.3, -0.25) is 0 Å². The van der Waals surface area contributed by atoms with E-state index in [0.717, 1.165) is 0 Å². The highest BCUT2D eigenvalue weighted by atomic mass is 79.9. The summed E-state index contributed by atoms with van der Waals surface area (Å²) in [6.07, 6.45) is 0. The Morgan fingerprint density at radius 1 is 0.903 bits per heavy atom. The standard InChI is InChI=1S/C21H14Br4O5S/c1-9-12(7-14(22)19(26)17(9)24)21(13-8-15(23)20(27)18(25)10(13)2)11-5-3-4-6-16(11)30-31(21,28)29/h3-8,26-27H,1-2H3/p-1. The van der Waals surface area contributed by atoms with Crippen LogP contribution in [0.2, 0.25) is 0 Å². The van der Waals surface area contributed by atoms with Crippen LogP contribution in [-0.4, -0.2) is 13.5 Å². The Morgan fingerprint density at radius 2 is 1.45 bits per heavy atom. The first-order chi connectivity index (χ1) is 14.4. The Bertz CT molecular complexity index is 1310. The molecule has 1 heterocycles. The monoisotopic (exact) mass is 693 g/mol. The van der Waals surface area contributed by atoms with Gasteiger partial charge in [0.2, 0.25) is 0 Å². The number of aromatic hydroxyl groups is 1. The highest BCUT2D eigenvalue weighted by Crippen LogP contribution is 2.57. The van der Waals surface area contributed by atoms with Crippen LogP contribution in [0.15, 0.2) is 54.3 Å². The molecule has 0 aromatic heterocycles. The minimum atomic E-state index is -4.32. The van der Waals surface area contributed by atoms with E-state index in [-0.39, 0.29) is 26.2 Å². The largest absolute Gasteiger partial charge is 0.871 e. The van der Waals surface area contributed by atoms with Crippen LogP contribution < -0.4 is 9.29 Å². The predicted octanol–water partition coefficient (Wildman–Crippen LogP) is 6.15. The highest BCUT2D eigenvalue weighted by Gasteiger charge is 2.58. The first-order valence-corrected chi connectivity index (χ1v) is 13.4. The third kappa shape index (κ3) is 3.13. The molecule has 0 fully saturated rings. The fraction of sp³-hybridized carbons (Fsp3) is 0.143. The van der Waals surface area contributed by atoms with Crippen molar-refractivity contribution in [3.05, 3.63) is 82.1 Å². The molecule has 4 rings (SSSR count). The van der Waals surface area contributed by atoms with Crippen molar-refractivity contribution in [3.63, 3.8) is 0 Å². The summed E-state index contributed by atoms with van der Waals surface area (Å²) < 4.78 is 32.6. The zero-order valence-corrected chi connectivity index (χ0v) is 23.1. The molecule has 0 saturated carbocycles. The molecule has 10 heteroatoms. The summed E-state index contributed by atoms with van der Waals surface area (Å²) in [6, 6.07) is 9.82. The van der Waals surface area contributed by atoms with Crippen LogP contribution in [0, 0.1) is 13.8 Å². The van der Waals surface area contributed by atoms with Crippen LogP contribution in [0.3, 0.4) is 0 Å². The van der Waals surface area contributed by atoms with Gasteiger partial charge in [-0.15, -0.1) is 0 Å². The first kappa shape index (κ1) is 23.1. The number of hydrogen-bond acceptors (Lipinski definition) is 5. The van der Waals surface area contributed by atoms with E-state index in [1.807, 2.05) is 0 Å². The molecule has 0 aliphatic carbocycles. The maximum Gasteiger partial charge on any atom is 0.328 e. The van der Waals surface area contributed by atoms with Gasteiger partial charge in [0.1, 0.15) is 11.5 Å². The third-order valence-corrected chi connectivity index (χ3v) is 10.4. The van der Waals surface area contributed by atoms with Gasteiger partial charge in [0, 0.05) is 14.5 Å². The Morgan fingerprint density at radius 3 is 2.10 bits per heavy atom. The van der Waals surface area contributed by atoms with Gasteiger partial charge in [-0.05, 0) is 86.2 Å². The first-order valence-electron chi connectivity index (χ1n) is 8.82. The molecule has 31 heavy (non-hydrogen) atoms. The molecular formula is C21H13Br4O5S-. The Labute approximate surface area is 213 Å². The van der Waals surface area contributed by atoms with Crippen LogP contribution in [0.25, 0.3) is 0 Å². The summed E-state index contributed by atoms with van der Waals surface area (Å²) in [7, 11) is -4.32. The van der Waals surface area contributed by atoms with Gasteiger partial charge in [-0.25, -0.2) is 0 Å². The maximum atomic E-state index is 13.8. The molecule has 0 spiro atoms. The number of para-hydroxylation sites is 1. The minimum Gasteiger partial charge on any atom is -0.871 e. The summed E-state index contributed by atoms with van der Waals surface area (Å²) in [5.74, 6) is -0.124. The second kappa shape index (κ2) is 7.76. The lowest BCUT2D eigenvalue weighted by atomic mass is 9.79. The number of halogens is 4. The van der Waals surface area contributed by atoms with Gasteiger partial charge >= 0.3 is 10.1 Å². The molecule has 1 unspecified atom stereocenters. The van der Waals surface area contributed by atoms with Gasteiger partial charge in [0.15, 0.2) is 4.75 Å². The number of hydrogen-bond donors (Lipinski definition) is 1. The smallest absolute Gasteiger partial charge is 0.328 e. The van der Waals surface area contributed by atoms with E-state index in [2.05, 4.69) is 63.7 Å². The van der Waals surface area contributed by atoms with E-state index in [0.29, 0.717) is 36.8 Å². The van der Waals surface area contributed by atoms with Crippen molar-refractivity contribution < 1.29 is 22.8 Å². The van der Waals surface area contributed by atoms with E-state index in [1.54, 1.807) is 44.2 Å². The van der Waals surface area contributed by atoms with Gasteiger partial charge in [0.05, 0.1) is 8.95 Å². The summed E-state index contributed by atoms with van der Waals surface area (Å²) in [5, 5.41) is 22.9. The maximum absolute atomic E-state index is 13.8. The van der Waals surface area contributed by atoms with E-state index in [9.17, 15) is 18.6 Å². The van der Waals surface area contributed by atoms with Crippen molar-refractivity contribution in [2.24, 2.45) is 0 Å². The molecule has 3 aromatic carbocycles. The van der Waals surface area contributed by atoms with Gasteiger partial charge < -0.3 is 14.4 Å². The van der Waals surface area contributed by atoms with Crippen LogP contribution in [0.1, 0.15) is 27.8 Å². The fourth-order valence-corrected chi connectivity index (χ4v) is 8.13. The predicted molar refractivity (Wildman–Crippen MR) is 130 cm³/mol. The molecule has 3 aromatic rings. The number of phenolic OH excluding ortho intramolecular Hbond substituents is 1. The number of rotatable bonds is 2. The van der Waals surface area contributed by atoms with Crippen LogP contribution in [0.5, 0.6) is 17.2 Å². The number of phenols is 1. The Balaban J connectivity index is 2.30. The zero-order chi connectivity index (χ0) is 22.9. The van der Waals surface area contributed by atoms with Crippen molar-refractivity contribution in [3.8, 4) is 17.2 Å². The molecular weight excluding hydrogens is 684 g/mol. The Hall–Kier alpha value is -1.07. The van der Waals surface area contributed by atoms with Crippen molar-refractivity contribution in [2.45, 2.75) is 18.6 Å². The molecule has 0 saturated heterocycles. The summed E-state index contributed by atoms with van der Waals surface area (Å²) >= 11 is 13.3. The van der Waals surface area contributed by atoms with Crippen LogP contribution in [0.4, 0.5) is 0 Å². The highest BCUT2D eigenvalue weighted by molar-refractivity contribution is 9.11. The topological polar surface area (TPSA) is 86.7 Å². The van der Waals surface area contributed by atoms with Gasteiger partial charge in [-0.1, -0.05) is 55.8 Å². The van der Waals surface area contributed by atoms with Crippen molar-refractivity contribution in [1.82, 2.24) is 0 Å². The molecule has 0 bridgehead atoms. The fourth-order valence-electron chi connectivity index (χ4n) is 3.98. The van der Waals surface area contributed by atoms with Gasteiger partial charge in [-0.2, -0.15) is 8.42 Å². The average molecular weight is 697 g/mol. The molecule has 0 amide bonds. The average Bonchev–Trinajstić information content (AvgIpc) is 2.97. The number of fused-ring (bicyclic) bond motifs is 1. The second-order valence-corrected chi connectivity index (χ2v) is 12.1. The van der Waals surface area contributed by atoms with Crippen molar-refractivity contribution >= 4 is 73.8 Å². The molecule has 1 N–H and O–H groups in total. The van der Waals surface area contributed by atoms with E-state index >= 15 is 0 Å². The van der Waals surface area contributed by atoms with Crippen molar-refractivity contribution in [1.29, 1.82) is 0 Å². The van der Waals surface area contributed by atoms with Crippen LogP contribution in [-0.2, 0) is 14.9 Å². The minimum absolute atomic E-state index is 0.0463. The summed E-state index contributed by atoms with van der Waals surface area (Å²) in [5.41, 5.74) is 2.15. The van der Waals surface area contributed by atoms with E-state index in [1.165, 1.54) is 6.07 Å². The lowest BCUT2D eigenvalue weighted by Crippen LogP contribution is -2.38. The summed E-state index contributed by atoms with van der Waals surface area (Å²) in [4.78, 5) is 0. The molecule has 0 radical (unpaired) electrons. The SMILES string of the molecule is Cc1c(C2(c3cc(Br)c(O)c(Br)c3C)c3ccccc3OS2(=O)=O)cc(Br)c([O-])c1Br. The molecule has 1 aliphatic heterocycles. The normalized spacial score (nSPS) is 19.2. The van der Waals surface area contributed by atoms with Crippen LogP contribution >= 0.6 is 63.7 Å².